The van der Waals surface area contributed by atoms with Crippen molar-refractivity contribution in [2.75, 3.05) is 11.6 Å². The molecule has 0 saturated heterocycles. The van der Waals surface area contributed by atoms with Crippen LogP contribution in [0, 0.1) is 11.6 Å². The van der Waals surface area contributed by atoms with Crippen molar-refractivity contribution in [2.24, 2.45) is 5.41 Å². The molecular formula is C27H38IrN5Si-. The van der Waals surface area contributed by atoms with Crippen LogP contribution in [0.3, 0.4) is 0 Å². The predicted octanol–water partition coefficient (Wildman–Crippen LogP) is 6.18. The van der Waals surface area contributed by atoms with Gasteiger partial charge in [0, 0.05) is 25.9 Å². The van der Waals surface area contributed by atoms with Crippen molar-refractivity contribution in [3.63, 3.8) is 0 Å². The summed E-state index contributed by atoms with van der Waals surface area (Å²) in [5.74, 6) is 2.75. The number of hydrogen-bond donors (Lipinski definition) is 0. The number of hydrogen-bond acceptors (Lipinski definition) is 4. The van der Waals surface area contributed by atoms with E-state index < -0.39 is 8.40 Å². The second-order valence-electron chi connectivity index (χ2n) is 13.2. The van der Waals surface area contributed by atoms with Crippen LogP contribution in [0.5, 0.6) is 0 Å². The topological polar surface area (TPSA) is 46.8 Å². The van der Waals surface area contributed by atoms with Crippen molar-refractivity contribution in [3.8, 4) is 11.4 Å². The minimum Gasteiger partial charge on any atom is -0.410 e. The van der Waals surface area contributed by atoms with E-state index in [0.29, 0.717) is 0 Å². The van der Waals surface area contributed by atoms with Gasteiger partial charge in [-0.05, 0) is 76.8 Å². The summed E-state index contributed by atoms with van der Waals surface area (Å²) in [4.78, 5) is 14.9. The van der Waals surface area contributed by atoms with Crippen LogP contribution in [-0.4, -0.2) is 34.6 Å². The van der Waals surface area contributed by atoms with Gasteiger partial charge in [0.15, 0.2) is 0 Å². The van der Waals surface area contributed by atoms with E-state index >= 15 is 0 Å². The molecule has 3 heterocycles. The molecule has 0 unspecified atom stereocenters. The Morgan fingerprint density at radius 2 is 1.47 bits per heavy atom. The number of benzene rings is 1. The normalized spacial score (nSPS) is 21.0. The number of rotatable bonds is 0. The van der Waals surface area contributed by atoms with E-state index in [-0.39, 0.29) is 41.8 Å². The predicted molar refractivity (Wildman–Crippen MR) is 139 cm³/mol. The van der Waals surface area contributed by atoms with Gasteiger partial charge in [-0.3, -0.25) is 4.98 Å². The number of fused-ring (bicyclic) bond motifs is 6. The third-order valence-corrected chi connectivity index (χ3v) is 13.0. The molecule has 3 aromatic rings. The number of anilines is 1. The average molecular weight is 653 g/mol. The van der Waals surface area contributed by atoms with Gasteiger partial charge in [-0.25, -0.2) is 0 Å². The zero-order chi connectivity index (χ0) is 24.5. The van der Waals surface area contributed by atoms with Crippen molar-refractivity contribution in [2.45, 2.75) is 91.7 Å². The van der Waals surface area contributed by atoms with Crippen molar-refractivity contribution in [1.29, 1.82) is 0 Å². The molecule has 2 aliphatic rings. The Bertz CT molecular complexity index is 1330. The van der Waals surface area contributed by atoms with E-state index in [0.717, 1.165) is 28.5 Å². The van der Waals surface area contributed by atoms with Gasteiger partial charge in [-0.2, -0.15) is 0 Å². The first-order chi connectivity index (χ1) is 14.9. The van der Waals surface area contributed by atoms with Crippen molar-refractivity contribution >= 4 is 25.2 Å². The zero-order valence-electron chi connectivity index (χ0n) is 22.7. The Morgan fingerprint density at radius 1 is 0.912 bits per heavy atom. The van der Waals surface area contributed by atoms with Crippen LogP contribution in [0.2, 0.25) is 13.1 Å². The van der Waals surface area contributed by atoms with Gasteiger partial charge in [-0.1, -0.05) is 62.3 Å². The molecule has 7 heteroatoms. The van der Waals surface area contributed by atoms with Crippen molar-refractivity contribution in [1.82, 2.24) is 19.2 Å². The summed E-state index contributed by atoms with van der Waals surface area (Å²) >= 11 is 0. The van der Waals surface area contributed by atoms with Crippen LogP contribution in [0.4, 0.5) is 5.82 Å². The molecule has 2 aromatic heterocycles. The van der Waals surface area contributed by atoms with Gasteiger partial charge < -0.3 is 18.8 Å². The summed E-state index contributed by atoms with van der Waals surface area (Å²) in [6.45, 7) is 25.6. The molecule has 34 heavy (non-hydrogen) atoms. The first kappa shape index (κ1) is 25.5. The maximum atomic E-state index is 5.21. The monoisotopic (exact) mass is 653 g/mol. The van der Waals surface area contributed by atoms with E-state index in [1.165, 1.54) is 16.6 Å². The largest absolute Gasteiger partial charge is 0.410 e. The molecule has 0 bridgehead atoms. The van der Waals surface area contributed by atoms with Gasteiger partial charge in [-0.15, -0.1) is 0 Å². The molecular weight excluding hydrogens is 615 g/mol. The van der Waals surface area contributed by atoms with Crippen LogP contribution in [0.15, 0.2) is 12.1 Å². The first-order valence-electron chi connectivity index (χ1n) is 12.1. The molecule has 0 fully saturated rings. The Morgan fingerprint density at radius 3 is 2.03 bits per heavy atom. The van der Waals surface area contributed by atoms with Gasteiger partial charge in [0.05, 0.1) is 22.7 Å². The van der Waals surface area contributed by atoms with Crippen molar-refractivity contribution in [3.05, 3.63) is 35.3 Å². The van der Waals surface area contributed by atoms with Gasteiger partial charge in [0.1, 0.15) is 0 Å². The third kappa shape index (κ3) is 2.90. The standard InChI is InChI=1S/C27H38N5Si.Ir/c1-24(2,3)23-28-15-16-21(30-23)31(10)33(11,12)32-20-14-18-17(13-19(20)29-22(16)32)25(4,5)27(8,9)26(18,6)7;/h13-14H,1-12H3;/q-1;. The average Bonchev–Trinajstić information content (AvgIpc) is 3.13. The quantitative estimate of drug-likeness (QED) is 0.215. The number of aromatic nitrogens is 4. The Kier molecular flexibility index (Phi) is 5.27. The summed E-state index contributed by atoms with van der Waals surface area (Å²) in [6, 6.07) is 4.80. The van der Waals surface area contributed by atoms with E-state index in [9.17, 15) is 0 Å². The molecule has 0 N–H and O–H groups in total. The van der Waals surface area contributed by atoms with E-state index in [1.54, 1.807) is 0 Å². The SMILES string of the molecule is CN1c2nc(C(C)(C)C)n[c-]c2-c2nc3cc4c(cc3n2[Si]1(C)C)C(C)(C)C(C)(C)C4(C)C.[Ir]. The Labute approximate surface area is 219 Å². The molecule has 0 atom stereocenters. The van der Waals surface area contributed by atoms with Gasteiger partial charge in [0.25, 0.3) is 0 Å². The summed E-state index contributed by atoms with van der Waals surface area (Å²) < 4.78 is 4.88. The van der Waals surface area contributed by atoms with Crippen LogP contribution in [0.25, 0.3) is 22.4 Å². The molecule has 0 spiro atoms. The second-order valence-corrected chi connectivity index (χ2v) is 17.3. The smallest absolute Gasteiger partial charge is 0.247 e. The molecule has 1 aliphatic heterocycles. The van der Waals surface area contributed by atoms with Crippen LogP contribution in [-0.2, 0) is 36.4 Å². The van der Waals surface area contributed by atoms with Crippen LogP contribution < -0.4 is 4.57 Å². The number of imidazole rings is 1. The third-order valence-electron chi connectivity index (χ3n) is 9.55. The van der Waals surface area contributed by atoms with E-state index in [4.69, 9.17) is 9.97 Å². The van der Waals surface area contributed by atoms with E-state index in [2.05, 4.69) is 115 Å². The van der Waals surface area contributed by atoms with Gasteiger partial charge in [0.2, 0.25) is 8.40 Å². The second kappa shape index (κ2) is 7.01. The summed E-state index contributed by atoms with van der Waals surface area (Å²) in [5, 5.41) is 0. The molecule has 0 saturated carbocycles. The minimum atomic E-state index is -2.13. The summed E-state index contributed by atoms with van der Waals surface area (Å²) in [7, 11) is 0.0440. The molecule has 5 nitrogen and oxygen atoms in total. The first-order valence-corrected chi connectivity index (χ1v) is 15.0. The molecule has 1 aromatic carbocycles. The van der Waals surface area contributed by atoms with Gasteiger partial charge >= 0.3 is 0 Å². The summed E-state index contributed by atoms with van der Waals surface area (Å²) in [6.07, 6.45) is 3.34. The molecule has 185 valence electrons. The van der Waals surface area contributed by atoms with E-state index in [1.807, 2.05) is 0 Å². The Hall–Kier alpha value is -1.56. The molecule has 5 rings (SSSR count). The zero-order valence-corrected chi connectivity index (χ0v) is 26.1. The molecule has 0 amide bonds. The fourth-order valence-electron chi connectivity index (χ4n) is 5.81. The van der Waals surface area contributed by atoms with Crippen LogP contribution >= 0.6 is 0 Å². The number of nitrogens with zero attached hydrogens (tertiary/aromatic N) is 5. The fourth-order valence-corrected chi connectivity index (χ4v) is 8.24. The van der Waals surface area contributed by atoms with Crippen molar-refractivity contribution < 1.29 is 20.1 Å². The molecule has 1 aliphatic carbocycles. The Balaban J connectivity index is 0.00000274. The maximum Gasteiger partial charge on any atom is 0.247 e. The fraction of sp³-hybridized carbons (Fsp3) is 0.593. The summed E-state index contributed by atoms with van der Waals surface area (Å²) in [5.41, 5.74) is 6.22. The maximum absolute atomic E-state index is 5.21. The minimum absolute atomic E-state index is 0. The molecule has 1 radical (unpaired) electrons. The van der Waals surface area contributed by atoms with Crippen LogP contribution in [0.1, 0.15) is 79.3 Å².